The topological polar surface area (TPSA) is 76.1 Å². The highest BCUT2D eigenvalue weighted by atomic mass is 16.5. The number of carbonyl (C=O) groups excluding carboxylic acids is 1. The van der Waals surface area contributed by atoms with Gasteiger partial charge in [0.05, 0.1) is 19.5 Å². The maximum absolute atomic E-state index is 11.7. The second-order valence-electron chi connectivity index (χ2n) is 4.77. The fourth-order valence-corrected chi connectivity index (χ4v) is 1.67. The van der Waals surface area contributed by atoms with E-state index in [0.29, 0.717) is 11.5 Å². The van der Waals surface area contributed by atoms with Gasteiger partial charge in [-0.05, 0) is 38.1 Å². The van der Waals surface area contributed by atoms with E-state index in [-0.39, 0.29) is 11.9 Å². The first-order valence-electron chi connectivity index (χ1n) is 6.62. The number of nitrogens with zero attached hydrogens (tertiary/aromatic N) is 2. The molecule has 0 saturated heterocycles. The minimum Gasteiger partial charge on any atom is -0.497 e. The summed E-state index contributed by atoms with van der Waals surface area (Å²) < 4.78 is 5.09. The van der Waals surface area contributed by atoms with Crippen LogP contribution in [0.15, 0.2) is 36.7 Å². The highest BCUT2D eigenvalue weighted by Gasteiger charge is 2.08. The van der Waals surface area contributed by atoms with E-state index in [1.54, 1.807) is 7.11 Å². The molecule has 21 heavy (non-hydrogen) atoms. The molecule has 0 saturated carbocycles. The molecule has 1 aromatic carbocycles. The molecule has 0 spiro atoms. The van der Waals surface area contributed by atoms with E-state index in [0.717, 1.165) is 11.4 Å². The standard InChI is InChI=1S/C15H18N4O2/c1-10(2)18-15(20)13-8-17-14(9-16-13)19-11-4-6-12(21-3)7-5-11/h4-10H,1-3H3,(H,17,19)(H,18,20). The molecule has 2 rings (SSSR count). The second-order valence-corrected chi connectivity index (χ2v) is 4.77. The number of benzene rings is 1. The van der Waals surface area contributed by atoms with Crippen molar-refractivity contribution < 1.29 is 9.53 Å². The molecule has 6 nitrogen and oxygen atoms in total. The second kappa shape index (κ2) is 6.69. The Morgan fingerprint density at radius 3 is 2.38 bits per heavy atom. The van der Waals surface area contributed by atoms with E-state index < -0.39 is 0 Å². The third-order valence-corrected chi connectivity index (χ3v) is 2.67. The number of hydrogen-bond donors (Lipinski definition) is 2. The lowest BCUT2D eigenvalue weighted by molar-refractivity contribution is 0.0937. The number of methoxy groups -OCH3 is 1. The predicted octanol–water partition coefficient (Wildman–Crippen LogP) is 2.37. The van der Waals surface area contributed by atoms with Crippen LogP contribution in [0, 0.1) is 0 Å². The van der Waals surface area contributed by atoms with Gasteiger partial charge in [-0.15, -0.1) is 0 Å². The summed E-state index contributed by atoms with van der Waals surface area (Å²) in [5.74, 6) is 1.13. The fourth-order valence-electron chi connectivity index (χ4n) is 1.67. The van der Waals surface area contributed by atoms with Gasteiger partial charge in [-0.3, -0.25) is 4.79 Å². The van der Waals surface area contributed by atoms with Gasteiger partial charge < -0.3 is 15.4 Å². The van der Waals surface area contributed by atoms with Gasteiger partial charge in [0.1, 0.15) is 17.3 Å². The van der Waals surface area contributed by atoms with Gasteiger partial charge in [-0.2, -0.15) is 0 Å². The van der Waals surface area contributed by atoms with Gasteiger partial charge >= 0.3 is 0 Å². The summed E-state index contributed by atoms with van der Waals surface area (Å²) in [5.41, 5.74) is 1.16. The summed E-state index contributed by atoms with van der Waals surface area (Å²) in [6.07, 6.45) is 2.98. The Kier molecular flexibility index (Phi) is 4.71. The number of amides is 1. The van der Waals surface area contributed by atoms with Gasteiger partial charge in [-0.25, -0.2) is 9.97 Å². The number of carbonyl (C=O) groups is 1. The Labute approximate surface area is 123 Å². The molecule has 0 aliphatic heterocycles. The molecule has 110 valence electrons. The van der Waals surface area contributed by atoms with Crippen LogP contribution in [0.4, 0.5) is 11.5 Å². The van der Waals surface area contributed by atoms with Crippen molar-refractivity contribution in [3.63, 3.8) is 0 Å². The summed E-state index contributed by atoms with van der Waals surface area (Å²) >= 11 is 0. The lowest BCUT2D eigenvalue weighted by Gasteiger charge is -2.09. The molecule has 0 unspecified atom stereocenters. The maximum Gasteiger partial charge on any atom is 0.271 e. The van der Waals surface area contributed by atoms with E-state index in [9.17, 15) is 4.79 Å². The molecule has 0 bridgehead atoms. The number of ether oxygens (including phenoxy) is 1. The summed E-state index contributed by atoms with van der Waals surface area (Å²) in [5, 5.41) is 5.87. The fraction of sp³-hybridized carbons (Fsp3) is 0.267. The van der Waals surface area contributed by atoms with Crippen molar-refractivity contribution in [1.29, 1.82) is 0 Å². The normalized spacial score (nSPS) is 10.3. The molecule has 0 atom stereocenters. The van der Waals surface area contributed by atoms with Crippen molar-refractivity contribution in [2.24, 2.45) is 0 Å². The quantitative estimate of drug-likeness (QED) is 0.882. The average Bonchev–Trinajstić information content (AvgIpc) is 2.48. The first kappa shape index (κ1) is 14.8. The minimum absolute atomic E-state index is 0.0661. The van der Waals surface area contributed by atoms with Gasteiger partial charge in [0.25, 0.3) is 5.91 Å². The van der Waals surface area contributed by atoms with E-state index >= 15 is 0 Å². The number of hydrogen-bond acceptors (Lipinski definition) is 5. The zero-order chi connectivity index (χ0) is 15.2. The van der Waals surface area contributed by atoms with Crippen LogP contribution in [0.3, 0.4) is 0 Å². The Morgan fingerprint density at radius 1 is 1.14 bits per heavy atom. The smallest absolute Gasteiger partial charge is 0.271 e. The van der Waals surface area contributed by atoms with Gasteiger partial charge in [0.2, 0.25) is 0 Å². The Balaban J connectivity index is 2.03. The minimum atomic E-state index is -0.228. The third kappa shape index (κ3) is 4.17. The van der Waals surface area contributed by atoms with E-state index in [1.807, 2.05) is 38.1 Å². The summed E-state index contributed by atoms with van der Waals surface area (Å²) in [6, 6.07) is 7.51. The molecule has 2 N–H and O–H groups in total. The monoisotopic (exact) mass is 286 g/mol. The Bertz CT molecular complexity index is 594. The molecule has 0 radical (unpaired) electrons. The van der Waals surface area contributed by atoms with Crippen molar-refractivity contribution >= 4 is 17.4 Å². The van der Waals surface area contributed by atoms with Crippen LogP contribution in [0.25, 0.3) is 0 Å². The zero-order valence-electron chi connectivity index (χ0n) is 12.3. The van der Waals surface area contributed by atoms with Crippen LogP contribution >= 0.6 is 0 Å². The molecule has 2 aromatic rings. The number of rotatable bonds is 5. The van der Waals surface area contributed by atoms with Crippen LogP contribution in [-0.4, -0.2) is 29.0 Å². The third-order valence-electron chi connectivity index (χ3n) is 2.67. The van der Waals surface area contributed by atoms with Gasteiger partial charge in [0.15, 0.2) is 0 Å². The lowest BCUT2D eigenvalue weighted by atomic mass is 10.3. The number of nitrogens with one attached hydrogen (secondary N) is 2. The van der Waals surface area contributed by atoms with Crippen molar-refractivity contribution in [1.82, 2.24) is 15.3 Å². The first-order chi connectivity index (χ1) is 10.1. The Hall–Kier alpha value is -2.63. The zero-order valence-corrected chi connectivity index (χ0v) is 12.3. The van der Waals surface area contributed by atoms with Crippen molar-refractivity contribution in [3.8, 4) is 5.75 Å². The molecular formula is C15H18N4O2. The van der Waals surface area contributed by atoms with Crippen molar-refractivity contribution in [2.45, 2.75) is 19.9 Å². The van der Waals surface area contributed by atoms with Crippen LogP contribution in [0.1, 0.15) is 24.3 Å². The SMILES string of the molecule is COc1ccc(Nc2cnc(C(=O)NC(C)C)cn2)cc1. The Morgan fingerprint density at radius 2 is 1.86 bits per heavy atom. The molecule has 0 aliphatic rings. The first-order valence-corrected chi connectivity index (χ1v) is 6.62. The van der Waals surface area contributed by atoms with Crippen LogP contribution in [0.5, 0.6) is 5.75 Å². The number of aromatic nitrogens is 2. The molecule has 0 fully saturated rings. The van der Waals surface area contributed by atoms with Crippen LogP contribution in [-0.2, 0) is 0 Å². The van der Waals surface area contributed by atoms with E-state index in [1.165, 1.54) is 12.4 Å². The predicted molar refractivity (Wildman–Crippen MR) is 80.9 cm³/mol. The molecule has 6 heteroatoms. The lowest BCUT2D eigenvalue weighted by Crippen LogP contribution is -2.30. The van der Waals surface area contributed by atoms with Gasteiger partial charge in [0, 0.05) is 11.7 Å². The van der Waals surface area contributed by atoms with Crippen LogP contribution < -0.4 is 15.4 Å². The maximum atomic E-state index is 11.7. The molecular weight excluding hydrogens is 268 g/mol. The highest BCUT2D eigenvalue weighted by Crippen LogP contribution is 2.18. The van der Waals surface area contributed by atoms with Crippen molar-refractivity contribution in [2.75, 3.05) is 12.4 Å². The largest absolute Gasteiger partial charge is 0.497 e. The summed E-state index contributed by atoms with van der Waals surface area (Å²) in [7, 11) is 1.62. The summed E-state index contributed by atoms with van der Waals surface area (Å²) in [4.78, 5) is 20.0. The summed E-state index contributed by atoms with van der Waals surface area (Å²) in [6.45, 7) is 3.79. The molecule has 0 aliphatic carbocycles. The average molecular weight is 286 g/mol. The molecule has 1 amide bonds. The van der Waals surface area contributed by atoms with Gasteiger partial charge in [-0.1, -0.05) is 0 Å². The van der Waals surface area contributed by atoms with E-state index in [4.69, 9.17) is 4.74 Å². The number of anilines is 2. The van der Waals surface area contributed by atoms with E-state index in [2.05, 4.69) is 20.6 Å². The molecule has 1 aromatic heterocycles. The van der Waals surface area contributed by atoms with Crippen molar-refractivity contribution in [3.05, 3.63) is 42.4 Å². The highest BCUT2D eigenvalue weighted by molar-refractivity contribution is 5.92. The molecule has 1 heterocycles. The van der Waals surface area contributed by atoms with Crippen LogP contribution in [0.2, 0.25) is 0 Å².